The van der Waals surface area contributed by atoms with Crippen molar-refractivity contribution < 1.29 is 85.9 Å². The minimum absolute atomic E-state index is 0.0186. The molecule has 0 spiro atoms. The van der Waals surface area contributed by atoms with Crippen molar-refractivity contribution in [2.24, 2.45) is 0 Å². The highest BCUT2D eigenvalue weighted by Crippen LogP contribution is 2.33. The van der Waals surface area contributed by atoms with Crippen molar-refractivity contribution in [2.75, 3.05) is 163 Å². The second kappa shape index (κ2) is 36.3. The molecule has 73 heavy (non-hydrogen) atoms. The summed E-state index contributed by atoms with van der Waals surface area (Å²) in [6.45, 7) is 9.39. The minimum atomic E-state index is -1.08. The molecule has 1 unspecified atom stereocenters. The topological polar surface area (TPSA) is 312 Å². The highest BCUT2D eigenvalue weighted by atomic mass is 16.6. The molecule has 1 saturated heterocycles. The third-order valence-corrected chi connectivity index (χ3v) is 10.6. The number of hydrogen-bond acceptors (Lipinski definition) is 21. The smallest absolute Gasteiger partial charge is 0.299 e. The Labute approximate surface area is 422 Å². The highest BCUT2D eigenvalue weighted by Gasteiger charge is 2.45. The molecule has 0 radical (unpaired) electrons. The van der Waals surface area contributed by atoms with Crippen molar-refractivity contribution >= 4 is 52.3 Å². The number of carbonyl (C=O) groups excluding carboxylic acids is 5. The van der Waals surface area contributed by atoms with Gasteiger partial charge in [0.1, 0.15) is 11.7 Å². The van der Waals surface area contributed by atoms with E-state index in [-0.39, 0.29) is 72.2 Å². The average Bonchev–Trinajstić information content (AvgIpc) is 3.63. The number of carbonyl (C=O) groups is 5. The van der Waals surface area contributed by atoms with Crippen LogP contribution in [0.2, 0.25) is 0 Å². The Balaban J connectivity index is 0.796. The van der Waals surface area contributed by atoms with Crippen LogP contribution in [0.3, 0.4) is 0 Å². The van der Waals surface area contributed by atoms with Gasteiger partial charge in [0.25, 0.3) is 23.2 Å². The van der Waals surface area contributed by atoms with Crippen LogP contribution in [0.5, 0.6) is 0 Å². The van der Waals surface area contributed by atoms with Crippen molar-refractivity contribution in [3.05, 3.63) is 67.8 Å². The number of ether oxygens (including phenoxy) is 11. The molecular weight excluding hydrogens is 969 g/mol. The lowest BCUT2D eigenvalue weighted by Gasteiger charge is -2.27. The lowest BCUT2D eigenvalue weighted by molar-refractivity contribution is -0.393. The largest absolute Gasteiger partial charge is 0.379 e. The normalized spacial score (nSPS) is 14.4. The van der Waals surface area contributed by atoms with Gasteiger partial charge in [0, 0.05) is 32.1 Å². The number of rotatable bonds is 44. The number of hydrogen-bond donors (Lipinski definition) is 3. The lowest BCUT2D eigenvalue weighted by atomic mass is 10.0. The molecule has 2 heterocycles. The van der Waals surface area contributed by atoms with Crippen molar-refractivity contribution in [1.82, 2.24) is 10.2 Å². The highest BCUT2D eigenvalue weighted by molar-refractivity contribution is 6.26. The van der Waals surface area contributed by atoms with E-state index in [0.29, 0.717) is 145 Å². The average molecular weight is 1040 g/mol. The van der Waals surface area contributed by atoms with Crippen LogP contribution in [0.1, 0.15) is 59.2 Å². The Morgan fingerprint density at radius 1 is 0.575 bits per heavy atom. The van der Waals surface area contributed by atoms with Crippen LogP contribution in [-0.4, -0.2) is 202 Å². The number of amides is 5. The van der Waals surface area contributed by atoms with Crippen LogP contribution in [0.4, 0.5) is 22.7 Å². The second-order valence-electron chi connectivity index (χ2n) is 15.9. The first kappa shape index (κ1) is 59.9. The second-order valence-corrected chi connectivity index (χ2v) is 15.9. The molecule has 5 amide bonds. The Hall–Kier alpha value is -5.65. The summed E-state index contributed by atoms with van der Waals surface area (Å²) in [6.07, 6.45) is 2.37. The van der Waals surface area contributed by atoms with Gasteiger partial charge in [0.2, 0.25) is 17.7 Å². The van der Waals surface area contributed by atoms with Gasteiger partial charge in [-0.1, -0.05) is 12.5 Å². The third-order valence-electron chi connectivity index (χ3n) is 10.6. The number of fused-ring (bicyclic) bond motifs is 1. The molecule has 1 atom stereocenters. The Kier molecular flexibility index (Phi) is 29.8. The van der Waals surface area contributed by atoms with Crippen LogP contribution in [0, 0.1) is 20.2 Å². The number of imide groups is 2. The molecule has 3 N–H and O–H groups in total. The van der Waals surface area contributed by atoms with E-state index in [1.54, 1.807) is 12.1 Å². The molecule has 0 aromatic heterocycles. The maximum Gasteiger partial charge on any atom is 0.299 e. The number of anilines is 2. The summed E-state index contributed by atoms with van der Waals surface area (Å²) in [7, 11) is 0. The van der Waals surface area contributed by atoms with Gasteiger partial charge in [-0.25, -0.2) is 0 Å². The van der Waals surface area contributed by atoms with Gasteiger partial charge >= 0.3 is 0 Å². The van der Waals surface area contributed by atoms with Gasteiger partial charge in [-0.2, -0.15) is 0 Å². The fourth-order valence-corrected chi connectivity index (χ4v) is 6.99. The van der Waals surface area contributed by atoms with Gasteiger partial charge in [0.15, 0.2) is 0 Å². The summed E-state index contributed by atoms with van der Waals surface area (Å²) in [4.78, 5) is 84.3. The summed E-state index contributed by atoms with van der Waals surface area (Å²) in [6, 6.07) is 6.90. The quantitative estimate of drug-likeness (QED) is 0.0372. The van der Waals surface area contributed by atoms with E-state index in [1.807, 2.05) is 0 Å². The molecular formula is C47H68N6O20. The maximum absolute atomic E-state index is 13.2. The van der Waals surface area contributed by atoms with E-state index in [9.17, 15) is 44.2 Å². The first-order chi connectivity index (χ1) is 35.6. The number of nitrogens with zero attached hydrogens (tertiary/aromatic N) is 3. The number of unbranched alkanes of at least 4 members (excludes halogenated alkanes) is 2. The van der Waals surface area contributed by atoms with E-state index in [4.69, 9.17) is 52.1 Å². The molecule has 0 bridgehead atoms. The van der Waals surface area contributed by atoms with Crippen LogP contribution < -0.4 is 16.0 Å². The van der Waals surface area contributed by atoms with Gasteiger partial charge in [0.05, 0.1) is 171 Å². The first-order valence-electron chi connectivity index (χ1n) is 24.2. The summed E-state index contributed by atoms with van der Waals surface area (Å²) < 4.78 is 60.4. The molecule has 4 rings (SSSR count). The number of nitro groups is 2. The van der Waals surface area contributed by atoms with E-state index in [2.05, 4.69) is 16.0 Å². The SMILES string of the molecule is O=C1CCC(N2C(=O)c3cccc(NC(=O)CCCCCOCCOCCOCCOCCOCCOCCOCCOCCOCCOCCOCCNc4ccc([N+](=O)[O-])cc4[N+](=O)[O-])c3C2=O)C(=O)N1. The zero-order valence-corrected chi connectivity index (χ0v) is 41.1. The molecule has 2 aliphatic rings. The van der Waals surface area contributed by atoms with E-state index in [1.165, 1.54) is 18.2 Å². The van der Waals surface area contributed by atoms with E-state index < -0.39 is 39.5 Å². The fourth-order valence-electron chi connectivity index (χ4n) is 6.99. The number of piperidine rings is 1. The fraction of sp³-hybridized carbons (Fsp3) is 0.638. The van der Waals surface area contributed by atoms with Gasteiger partial charge < -0.3 is 62.7 Å². The van der Waals surface area contributed by atoms with Crippen LogP contribution in [0.15, 0.2) is 36.4 Å². The number of benzene rings is 2. The first-order valence-corrected chi connectivity index (χ1v) is 24.2. The van der Waals surface area contributed by atoms with Crippen molar-refractivity contribution in [3.8, 4) is 0 Å². The molecule has 2 aliphatic heterocycles. The minimum Gasteiger partial charge on any atom is -0.379 e. The third kappa shape index (κ3) is 23.4. The number of nitro benzene ring substituents is 2. The summed E-state index contributed by atoms with van der Waals surface area (Å²) in [5, 5.41) is 29.8. The standard InChI is InChI=1S/C47H68N6O20/c54-42(49-39-6-4-5-37-44(39)47(58)51(46(37)57)40-10-11-43(55)50-45(40)56)7-2-1-3-13-63-15-17-65-19-21-67-23-25-69-27-29-71-31-33-73-34-32-72-30-28-70-26-24-68-22-20-66-18-16-64-14-12-48-38-9-8-36(52(59)60)35-41(38)53(61)62/h4-6,8-9,35,40,48H,1-3,7,10-34H2,(H,49,54)(H,50,55,56). The van der Waals surface area contributed by atoms with Crippen LogP contribution >= 0.6 is 0 Å². The number of non-ortho nitro benzene ring substituents is 1. The molecule has 0 saturated carbocycles. The summed E-state index contributed by atoms with van der Waals surface area (Å²) >= 11 is 0. The summed E-state index contributed by atoms with van der Waals surface area (Å²) in [5.74, 6) is -2.77. The predicted molar refractivity (Wildman–Crippen MR) is 257 cm³/mol. The van der Waals surface area contributed by atoms with Crippen molar-refractivity contribution in [3.63, 3.8) is 0 Å². The Morgan fingerprint density at radius 2 is 1.05 bits per heavy atom. The molecule has 406 valence electrons. The zero-order chi connectivity index (χ0) is 52.3. The lowest BCUT2D eigenvalue weighted by Crippen LogP contribution is -2.54. The predicted octanol–water partition coefficient (Wildman–Crippen LogP) is 2.70. The van der Waals surface area contributed by atoms with E-state index in [0.717, 1.165) is 23.8 Å². The van der Waals surface area contributed by atoms with Gasteiger partial charge in [-0.3, -0.25) is 54.4 Å². The van der Waals surface area contributed by atoms with Crippen LogP contribution in [-0.2, 0) is 66.5 Å². The molecule has 26 heteroatoms. The number of nitrogens with one attached hydrogen (secondary N) is 3. The molecule has 26 nitrogen and oxygen atoms in total. The maximum atomic E-state index is 13.2. The van der Waals surface area contributed by atoms with Crippen LogP contribution in [0.25, 0.3) is 0 Å². The Morgan fingerprint density at radius 3 is 1.52 bits per heavy atom. The molecule has 2 aromatic carbocycles. The van der Waals surface area contributed by atoms with Crippen molar-refractivity contribution in [2.45, 2.75) is 44.6 Å². The Bertz CT molecular complexity index is 2030. The van der Waals surface area contributed by atoms with E-state index >= 15 is 0 Å². The summed E-state index contributed by atoms with van der Waals surface area (Å²) in [5.41, 5.74) is -0.210. The monoisotopic (exact) mass is 1040 g/mol. The molecule has 0 aliphatic carbocycles. The molecule has 2 aromatic rings. The van der Waals surface area contributed by atoms with Gasteiger partial charge in [-0.15, -0.1) is 0 Å². The molecule has 1 fully saturated rings. The zero-order valence-electron chi connectivity index (χ0n) is 41.1. The van der Waals surface area contributed by atoms with Gasteiger partial charge in [-0.05, 0) is 37.5 Å². The van der Waals surface area contributed by atoms with Crippen molar-refractivity contribution in [1.29, 1.82) is 0 Å².